The Kier molecular flexibility index (Phi) is 4.22. The highest BCUT2D eigenvalue weighted by Crippen LogP contribution is 2.27. The van der Waals surface area contributed by atoms with E-state index in [4.69, 9.17) is 4.74 Å². The van der Waals surface area contributed by atoms with Gasteiger partial charge in [-0.15, -0.1) is 0 Å². The lowest BCUT2D eigenvalue weighted by molar-refractivity contribution is -0.0501. The number of nitrogens with one attached hydrogen (secondary N) is 1. The predicted octanol–water partition coefficient (Wildman–Crippen LogP) is 1.63. The predicted molar refractivity (Wildman–Crippen MR) is 66.7 cm³/mol. The van der Waals surface area contributed by atoms with E-state index in [9.17, 15) is 0 Å². The molecule has 0 aromatic carbocycles. The quantitative estimate of drug-likeness (QED) is 0.791. The molecule has 0 amide bonds. The van der Waals surface area contributed by atoms with E-state index in [1.165, 1.54) is 38.8 Å². The van der Waals surface area contributed by atoms with E-state index in [0.717, 1.165) is 19.8 Å². The van der Waals surface area contributed by atoms with Gasteiger partial charge >= 0.3 is 0 Å². The Balaban J connectivity index is 1.92. The third-order valence-corrected chi connectivity index (χ3v) is 4.07. The summed E-state index contributed by atoms with van der Waals surface area (Å²) in [6.45, 7) is 10.0. The van der Waals surface area contributed by atoms with E-state index in [1.54, 1.807) is 0 Å². The first-order valence-corrected chi connectivity index (χ1v) is 6.81. The van der Waals surface area contributed by atoms with Gasteiger partial charge in [0.05, 0.1) is 6.61 Å². The molecule has 1 N–H and O–H groups in total. The molecule has 0 saturated carbocycles. The number of piperazine rings is 1. The summed E-state index contributed by atoms with van der Waals surface area (Å²) in [5, 5.41) is 3.62. The van der Waals surface area contributed by atoms with Crippen LogP contribution in [0.4, 0.5) is 0 Å². The van der Waals surface area contributed by atoms with E-state index >= 15 is 0 Å². The van der Waals surface area contributed by atoms with Gasteiger partial charge in [0.25, 0.3) is 0 Å². The topological polar surface area (TPSA) is 24.5 Å². The first kappa shape index (κ1) is 12.3. The largest absolute Gasteiger partial charge is 0.380 e. The lowest BCUT2D eigenvalue weighted by Crippen LogP contribution is -2.61. The average molecular weight is 226 g/mol. The molecule has 0 aromatic heterocycles. The summed E-state index contributed by atoms with van der Waals surface area (Å²) in [7, 11) is 0. The van der Waals surface area contributed by atoms with Crippen LogP contribution in [0.1, 0.15) is 39.5 Å². The van der Waals surface area contributed by atoms with Crippen molar-refractivity contribution in [2.75, 3.05) is 32.8 Å². The molecule has 2 unspecified atom stereocenters. The summed E-state index contributed by atoms with van der Waals surface area (Å²) in [6, 6.07) is 0.692. The summed E-state index contributed by atoms with van der Waals surface area (Å²) < 4.78 is 5.67. The average Bonchev–Trinajstić information content (AvgIpc) is 2.31. The second-order valence-corrected chi connectivity index (χ2v) is 5.54. The molecule has 3 nitrogen and oxygen atoms in total. The summed E-state index contributed by atoms with van der Waals surface area (Å²) in [4.78, 5) is 2.66. The first-order valence-electron chi connectivity index (χ1n) is 6.81. The lowest BCUT2D eigenvalue weighted by Gasteiger charge is -2.47. The molecule has 0 aromatic rings. The molecule has 0 spiro atoms. The fourth-order valence-electron chi connectivity index (χ4n) is 3.03. The van der Waals surface area contributed by atoms with Crippen LogP contribution in [0.15, 0.2) is 0 Å². The third-order valence-electron chi connectivity index (χ3n) is 4.07. The summed E-state index contributed by atoms with van der Waals surface area (Å²) in [6.07, 6.45) is 5.09. The first-order chi connectivity index (χ1) is 7.74. The maximum absolute atomic E-state index is 5.67. The van der Waals surface area contributed by atoms with Gasteiger partial charge in [-0.2, -0.15) is 0 Å². The highest BCUT2D eigenvalue weighted by Gasteiger charge is 2.36. The molecule has 2 aliphatic rings. The zero-order chi connectivity index (χ0) is 11.4. The van der Waals surface area contributed by atoms with Crippen LogP contribution in [0.3, 0.4) is 0 Å². The van der Waals surface area contributed by atoms with Crippen molar-refractivity contribution in [3.8, 4) is 0 Å². The molecule has 2 saturated heterocycles. The van der Waals surface area contributed by atoms with Crippen molar-refractivity contribution in [1.82, 2.24) is 10.2 Å². The van der Waals surface area contributed by atoms with Gasteiger partial charge in [-0.3, -0.25) is 4.90 Å². The van der Waals surface area contributed by atoms with Crippen molar-refractivity contribution in [2.45, 2.75) is 51.1 Å². The van der Waals surface area contributed by atoms with Gasteiger partial charge in [0.2, 0.25) is 0 Å². The normalized spacial score (nSPS) is 37.5. The summed E-state index contributed by atoms with van der Waals surface area (Å²) >= 11 is 0. The van der Waals surface area contributed by atoms with E-state index in [-0.39, 0.29) is 0 Å². The smallest absolute Gasteiger partial charge is 0.0647 e. The van der Waals surface area contributed by atoms with E-state index in [0.29, 0.717) is 11.6 Å². The fraction of sp³-hybridized carbons (Fsp3) is 1.00. The van der Waals surface area contributed by atoms with Crippen LogP contribution in [0.25, 0.3) is 0 Å². The Hall–Kier alpha value is -0.120. The third kappa shape index (κ3) is 2.76. The summed E-state index contributed by atoms with van der Waals surface area (Å²) in [5.74, 6) is 0. The van der Waals surface area contributed by atoms with Gasteiger partial charge in [0.15, 0.2) is 0 Å². The Morgan fingerprint density at radius 3 is 3.06 bits per heavy atom. The van der Waals surface area contributed by atoms with Gasteiger partial charge in [-0.05, 0) is 26.2 Å². The van der Waals surface area contributed by atoms with Crippen LogP contribution in [-0.4, -0.2) is 49.3 Å². The molecule has 0 radical (unpaired) electrons. The van der Waals surface area contributed by atoms with E-state index in [1.807, 2.05) is 0 Å². The molecule has 2 heterocycles. The maximum atomic E-state index is 5.67. The van der Waals surface area contributed by atoms with Crippen LogP contribution >= 0.6 is 0 Å². The van der Waals surface area contributed by atoms with Gasteiger partial charge < -0.3 is 10.1 Å². The van der Waals surface area contributed by atoms with Crippen LogP contribution in [0.5, 0.6) is 0 Å². The highest BCUT2D eigenvalue weighted by atomic mass is 16.5. The van der Waals surface area contributed by atoms with Gasteiger partial charge in [0, 0.05) is 37.8 Å². The highest BCUT2D eigenvalue weighted by molar-refractivity contribution is 4.93. The Labute approximate surface area is 99.5 Å². The standard InChI is InChI=1S/C13H26N2O/c1-3-5-12-10-15(8-7-14-12)13(2)6-4-9-16-11-13/h12,14H,3-11H2,1-2H3. The van der Waals surface area contributed by atoms with Crippen molar-refractivity contribution in [2.24, 2.45) is 0 Å². The molecule has 0 aliphatic carbocycles. The lowest BCUT2D eigenvalue weighted by atomic mass is 9.91. The second kappa shape index (κ2) is 5.48. The molecular formula is C13H26N2O. The second-order valence-electron chi connectivity index (χ2n) is 5.54. The number of rotatable bonds is 3. The molecule has 2 atom stereocenters. The number of hydrogen-bond donors (Lipinski definition) is 1. The summed E-state index contributed by atoms with van der Waals surface area (Å²) in [5.41, 5.74) is 0.298. The monoisotopic (exact) mass is 226 g/mol. The minimum Gasteiger partial charge on any atom is -0.380 e. The van der Waals surface area contributed by atoms with Crippen LogP contribution < -0.4 is 5.32 Å². The van der Waals surface area contributed by atoms with Crippen molar-refractivity contribution in [3.63, 3.8) is 0 Å². The van der Waals surface area contributed by atoms with Crippen molar-refractivity contribution in [1.29, 1.82) is 0 Å². The van der Waals surface area contributed by atoms with Crippen LogP contribution in [0.2, 0.25) is 0 Å². The minimum atomic E-state index is 0.298. The Bertz CT molecular complexity index is 212. The molecule has 94 valence electrons. The molecule has 3 heteroatoms. The van der Waals surface area contributed by atoms with Crippen molar-refractivity contribution >= 4 is 0 Å². The molecule has 16 heavy (non-hydrogen) atoms. The molecule has 2 fully saturated rings. The number of ether oxygens (including phenoxy) is 1. The van der Waals surface area contributed by atoms with Crippen LogP contribution in [0, 0.1) is 0 Å². The zero-order valence-electron chi connectivity index (χ0n) is 10.8. The van der Waals surface area contributed by atoms with Crippen molar-refractivity contribution < 1.29 is 4.74 Å². The zero-order valence-corrected chi connectivity index (χ0v) is 10.8. The molecule has 2 rings (SSSR count). The Morgan fingerprint density at radius 2 is 2.38 bits per heavy atom. The van der Waals surface area contributed by atoms with Gasteiger partial charge in [-0.1, -0.05) is 13.3 Å². The van der Waals surface area contributed by atoms with E-state index in [2.05, 4.69) is 24.1 Å². The minimum absolute atomic E-state index is 0.298. The molecule has 0 bridgehead atoms. The number of hydrogen-bond acceptors (Lipinski definition) is 3. The fourth-order valence-corrected chi connectivity index (χ4v) is 3.03. The number of nitrogens with zero attached hydrogens (tertiary/aromatic N) is 1. The SMILES string of the molecule is CCCC1CN(C2(C)CCCOC2)CCN1. The van der Waals surface area contributed by atoms with Gasteiger partial charge in [0.1, 0.15) is 0 Å². The van der Waals surface area contributed by atoms with E-state index < -0.39 is 0 Å². The van der Waals surface area contributed by atoms with Gasteiger partial charge in [-0.25, -0.2) is 0 Å². The molecule has 2 aliphatic heterocycles. The maximum Gasteiger partial charge on any atom is 0.0647 e. The molecular weight excluding hydrogens is 200 g/mol. The van der Waals surface area contributed by atoms with Crippen molar-refractivity contribution in [3.05, 3.63) is 0 Å². The van der Waals surface area contributed by atoms with Crippen LogP contribution in [-0.2, 0) is 4.74 Å². The Morgan fingerprint density at radius 1 is 1.50 bits per heavy atom.